The van der Waals surface area contributed by atoms with Crippen molar-refractivity contribution in [2.45, 2.75) is 0 Å². The molecule has 3 nitrogen and oxygen atoms in total. The van der Waals surface area contributed by atoms with Gasteiger partial charge in [0.25, 0.3) is 0 Å². The highest BCUT2D eigenvalue weighted by atomic mass is 14.9. The first-order valence-corrected chi connectivity index (χ1v) is 16.2. The summed E-state index contributed by atoms with van der Waals surface area (Å²) in [6, 6.07) is 57.5. The van der Waals surface area contributed by atoms with Gasteiger partial charge in [0, 0.05) is 40.0 Å². The van der Waals surface area contributed by atoms with Crippen molar-refractivity contribution in [2.24, 2.45) is 0 Å². The van der Waals surface area contributed by atoms with Crippen LogP contribution in [0, 0.1) is 0 Å². The average molecular weight is 612 g/mol. The standard InChI is InChI=1S/C45H29N3/c1-3-13-30(14-4-1)31-24-26-34(27-25-31)44-40(39-23-11-17-33-18-12-28-46-43(33)39)29-47-45(48-44)42-37-21-9-7-19-35(37)41(32-15-5-2-6-16-32)36-20-8-10-22-38(36)42/h1-29H. The minimum atomic E-state index is 0.695. The van der Waals surface area contributed by atoms with E-state index in [0.717, 1.165) is 55.2 Å². The van der Waals surface area contributed by atoms with Crippen molar-refractivity contribution in [3.05, 3.63) is 176 Å². The van der Waals surface area contributed by atoms with Crippen molar-refractivity contribution in [3.8, 4) is 56.0 Å². The Morgan fingerprint density at radius 1 is 0.354 bits per heavy atom. The van der Waals surface area contributed by atoms with Gasteiger partial charge in [-0.15, -0.1) is 0 Å². The van der Waals surface area contributed by atoms with Crippen molar-refractivity contribution < 1.29 is 0 Å². The second-order valence-corrected chi connectivity index (χ2v) is 12.0. The maximum Gasteiger partial charge on any atom is 0.161 e. The molecule has 0 N–H and O–H groups in total. The number of fused-ring (bicyclic) bond motifs is 3. The van der Waals surface area contributed by atoms with Gasteiger partial charge >= 0.3 is 0 Å². The van der Waals surface area contributed by atoms with Gasteiger partial charge in [0.1, 0.15) is 0 Å². The molecule has 0 amide bonds. The molecular formula is C45H29N3. The fourth-order valence-electron chi connectivity index (χ4n) is 6.98. The van der Waals surface area contributed by atoms with Gasteiger partial charge in [0.05, 0.1) is 11.2 Å². The van der Waals surface area contributed by atoms with E-state index >= 15 is 0 Å². The number of rotatable bonds is 5. The van der Waals surface area contributed by atoms with Crippen molar-refractivity contribution in [1.82, 2.24) is 15.0 Å². The predicted octanol–water partition coefficient (Wildman–Crippen LogP) is 11.7. The fraction of sp³-hybridized carbons (Fsp3) is 0. The van der Waals surface area contributed by atoms with E-state index in [0.29, 0.717) is 5.82 Å². The molecule has 0 radical (unpaired) electrons. The number of pyridine rings is 1. The van der Waals surface area contributed by atoms with Crippen molar-refractivity contribution in [3.63, 3.8) is 0 Å². The number of aromatic nitrogens is 3. The third kappa shape index (κ3) is 4.72. The highest BCUT2D eigenvalue weighted by Gasteiger charge is 2.21. The molecule has 0 aliphatic carbocycles. The van der Waals surface area contributed by atoms with Crippen LogP contribution in [0.3, 0.4) is 0 Å². The van der Waals surface area contributed by atoms with E-state index in [2.05, 4.69) is 152 Å². The van der Waals surface area contributed by atoms with Gasteiger partial charge in [-0.1, -0.05) is 158 Å². The Balaban J connectivity index is 1.32. The van der Waals surface area contributed by atoms with Crippen molar-refractivity contribution in [2.75, 3.05) is 0 Å². The smallest absolute Gasteiger partial charge is 0.161 e. The van der Waals surface area contributed by atoms with Gasteiger partial charge in [-0.05, 0) is 49.9 Å². The van der Waals surface area contributed by atoms with Gasteiger partial charge in [0.2, 0.25) is 0 Å². The molecule has 0 atom stereocenters. The van der Waals surface area contributed by atoms with Crippen LogP contribution < -0.4 is 0 Å². The van der Waals surface area contributed by atoms with Crippen LogP contribution in [0.5, 0.6) is 0 Å². The zero-order chi connectivity index (χ0) is 31.9. The Hall–Kier alpha value is -6.45. The molecule has 0 aliphatic heterocycles. The molecule has 0 saturated carbocycles. The number of nitrogens with zero attached hydrogens (tertiary/aromatic N) is 3. The predicted molar refractivity (Wildman–Crippen MR) is 200 cm³/mol. The zero-order valence-corrected chi connectivity index (χ0v) is 26.1. The molecule has 0 aliphatic rings. The third-order valence-electron chi connectivity index (χ3n) is 9.19. The van der Waals surface area contributed by atoms with E-state index in [1.165, 1.54) is 27.5 Å². The largest absolute Gasteiger partial charge is 0.256 e. The summed E-state index contributed by atoms with van der Waals surface area (Å²) >= 11 is 0. The van der Waals surface area contributed by atoms with Crippen molar-refractivity contribution >= 4 is 32.4 Å². The number of hydrogen-bond donors (Lipinski definition) is 0. The maximum absolute atomic E-state index is 5.46. The molecule has 3 heteroatoms. The van der Waals surface area contributed by atoms with Crippen molar-refractivity contribution in [1.29, 1.82) is 0 Å². The SMILES string of the molecule is c1ccc(-c2ccc(-c3nc(-c4c5ccccc5c(-c5ccccc5)c5ccccc45)ncc3-c3cccc4cccnc34)cc2)cc1. The molecule has 9 aromatic rings. The molecule has 48 heavy (non-hydrogen) atoms. The molecule has 2 aromatic heterocycles. The summed E-state index contributed by atoms with van der Waals surface area (Å²) in [5.74, 6) is 0.695. The molecule has 0 fully saturated rings. The molecule has 7 aromatic carbocycles. The number of para-hydroxylation sites is 1. The lowest BCUT2D eigenvalue weighted by molar-refractivity contribution is 1.19. The lowest BCUT2D eigenvalue weighted by atomic mass is 9.88. The van der Waals surface area contributed by atoms with E-state index in [1.54, 1.807) is 0 Å². The summed E-state index contributed by atoms with van der Waals surface area (Å²) in [5.41, 5.74) is 10.6. The quantitative estimate of drug-likeness (QED) is 0.182. The van der Waals surface area contributed by atoms with Crippen LogP contribution in [-0.4, -0.2) is 15.0 Å². The minimum Gasteiger partial charge on any atom is -0.256 e. The number of hydrogen-bond acceptors (Lipinski definition) is 3. The van der Waals surface area contributed by atoms with Crippen LogP contribution in [0.1, 0.15) is 0 Å². The molecule has 2 heterocycles. The normalized spacial score (nSPS) is 11.3. The Labute approximate surface area is 278 Å². The number of benzene rings is 7. The summed E-state index contributed by atoms with van der Waals surface area (Å²) < 4.78 is 0. The van der Waals surface area contributed by atoms with Crippen LogP contribution in [0.4, 0.5) is 0 Å². The van der Waals surface area contributed by atoms with Gasteiger partial charge in [-0.25, -0.2) is 9.97 Å². The Morgan fingerprint density at radius 3 is 1.56 bits per heavy atom. The molecule has 0 unspecified atom stereocenters. The second-order valence-electron chi connectivity index (χ2n) is 12.0. The van der Waals surface area contributed by atoms with Gasteiger partial charge < -0.3 is 0 Å². The van der Waals surface area contributed by atoms with Crippen LogP contribution in [0.25, 0.3) is 88.5 Å². The molecule has 0 bridgehead atoms. The topological polar surface area (TPSA) is 38.7 Å². The highest BCUT2D eigenvalue weighted by molar-refractivity contribution is 6.20. The fourth-order valence-corrected chi connectivity index (χ4v) is 6.98. The molecule has 9 rings (SSSR count). The average Bonchev–Trinajstić information content (AvgIpc) is 3.17. The van der Waals surface area contributed by atoms with Gasteiger partial charge in [0.15, 0.2) is 5.82 Å². The van der Waals surface area contributed by atoms with E-state index in [1.807, 2.05) is 24.5 Å². The van der Waals surface area contributed by atoms with Gasteiger partial charge in [-0.3, -0.25) is 4.98 Å². The lowest BCUT2D eigenvalue weighted by Gasteiger charge is -2.18. The Kier molecular flexibility index (Phi) is 6.80. The summed E-state index contributed by atoms with van der Waals surface area (Å²) in [6.45, 7) is 0. The first-order chi connectivity index (χ1) is 23.8. The summed E-state index contributed by atoms with van der Waals surface area (Å²) in [4.78, 5) is 15.4. The van der Waals surface area contributed by atoms with E-state index in [-0.39, 0.29) is 0 Å². The molecule has 0 spiro atoms. The Morgan fingerprint density at radius 2 is 0.896 bits per heavy atom. The first-order valence-electron chi connectivity index (χ1n) is 16.2. The summed E-state index contributed by atoms with van der Waals surface area (Å²) in [7, 11) is 0. The van der Waals surface area contributed by atoms with E-state index < -0.39 is 0 Å². The van der Waals surface area contributed by atoms with Crippen LogP contribution in [0.2, 0.25) is 0 Å². The van der Waals surface area contributed by atoms with Crippen LogP contribution in [0.15, 0.2) is 176 Å². The summed E-state index contributed by atoms with van der Waals surface area (Å²) in [5, 5.41) is 5.69. The van der Waals surface area contributed by atoms with E-state index in [9.17, 15) is 0 Å². The first kappa shape index (κ1) is 27.8. The molecule has 0 saturated heterocycles. The maximum atomic E-state index is 5.46. The molecular weight excluding hydrogens is 583 g/mol. The minimum absolute atomic E-state index is 0.695. The van der Waals surface area contributed by atoms with Gasteiger partial charge in [-0.2, -0.15) is 0 Å². The van der Waals surface area contributed by atoms with Crippen LogP contribution in [-0.2, 0) is 0 Å². The third-order valence-corrected chi connectivity index (χ3v) is 9.19. The lowest BCUT2D eigenvalue weighted by Crippen LogP contribution is -1.99. The monoisotopic (exact) mass is 611 g/mol. The Bertz CT molecular complexity index is 2530. The summed E-state index contributed by atoms with van der Waals surface area (Å²) in [6.07, 6.45) is 3.84. The van der Waals surface area contributed by atoms with Crippen LogP contribution >= 0.6 is 0 Å². The van der Waals surface area contributed by atoms with E-state index in [4.69, 9.17) is 15.0 Å². The molecule has 224 valence electrons. The highest BCUT2D eigenvalue weighted by Crippen LogP contribution is 2.44. The second kappa shape index (κ2) is 11.7. The zero-order valence-electron chi connectivity index (χ0n) is 26.1.